The van der Waals surface area contributed by atoms with Crippen LogP contribution in [0.15, 0.2) is 54.6 Å². The lowest BCUT2D eigenvalue weighted by Crippen LogP contribution is -2.25. The first kappa shape index (κ1) is 18.0. The first-order chi connectivity index (χ1) is 12.9. The quantitative estimate of drug-likeness (QED) is 0.583. The number of aryl methyl sites for hydroxylation is 1. The van der Waals surface area contributed by atoms with Crippen LogP contribution in [-0.4, -0.2) is 18.0 Å². The number of hydrogen-bond acceptors (Lipinski definition) is 5. The van der Waals surface area contributed by atoms with E-state index < -0.39 is 10.3 Å². The summed E-state index contributed by atoms with van der Waals surface area (Å²) in [4.78, 5) is 5.46. The van der Waals surface area contributed by atoms with Gasteiger partial charge in [0.25, 0.3) is 0 Å². The molecule has 1 heterocycles. The van der Waals surface area contributed by atoms with Crippen LogP contribution in [0.1, 0.15) is 29.3 Å². The molecular formula is C19H18N2O4S2. The monoisotopic (exact) mass is 402 g/mol. The molecule has 8 heteroatoms. The van der Waals surface area contributed by atoms with Crippen LogP contribution in [0.25, 0.3) is 0 Å². The smallest absolute Gasteiger partial charge is 0.366 e. The zero-order chi connectivity index (χ0) is 19.0. The number of benzene rings is 2. The standard InChI is InChI=1S/C19H18N2O4S2/c1-13-18(14-7-8-14)20-19(26-13)21(27(22,23)24)15-9-11-17(12-10-15)25-16-5-3-2-4-6-16/h2-6,9-12,14H,7-8H2,1H3,(H,22,23,24). The molecular weight excluding hydrogens is 384 g/mol. The molecule has 140 valence electrons. The maximum absolute atomic E-state index is 12.0. The average Bonchev–Trinajstić information content (AvgIpc) is 3.40. The second-order valence-electron chi connectivity index (χ2n) is 6.36. The average molecular weight is 402 g/mol. The molecule has 0 saturated heterocycles. The lowest BCUT2D eigenvalue weighted by atomic mass is 10.3. The molecule has 0 amide bonds. The lowest BCUT2D eigenvalue weighted by molar-refractivity contribution is 0.480. The highest BCUT2D eigenvalue weighted by atomic mass is 32.2. The Labute approximate surface area is 161 Å². The predicted molar refractivity (Wildman–Crippen MR) is 105 cm³/mol. The van der Waals surface area contributed by atoms with Gasteiger partial charge in [-0.15, -0.1) is 11.3 Å². The fraction of sp³-hybridized carbons (Fsp3) is 0.211. The maximum Gasteiger partial charge on any atom is 0.366 e. The molecule has 1 aromatic heterocycles. The highest BCUT2D eigenvalue weighted by Gasteiger charge is 2.32. The molecule has 0 radical (unpaired) electrons. The van der Waals surface area contributed by atoms with Crippen molar-refractivity contribution < 1.29 is 17.7 Å². The Morgan fingerprint density at radius 2 is 1.70 bits per heavy atom. The second kappa shape index (κ2) is 6.95. The van der Waals surface area contributed by atoms with Crippen LogP contribution >= 0.6 is 11.3 Å². The number of anilines is 2. The summed E-state index contributed by atoms with van der Waals surface area (Å²) in [5.74, 6) is 1.65. The zero-order valence-corrected chi connectivity index (χ0v) is 16.2. The van der Waals surface area contributed by atoms with Gasteiger partial charge in [-0.1, -0.05) is 18.2 Å². The Balaban J connectivity index is 1.64. The molecule has 1 aliphatic carbocycles. The van der Waals surface area contributed by atoms with Gasteiger partial charge >= 0.3 is 10.3 Å². The third-order valence-corrected chi connectivity index (χ3v) is 6.17. The Bertz CT molecular complexity index is 1040. The van der Waals surface area contributed by atoms with Gasteiger partial charge in [-0.25, -0.2) is 4.98 Å². The molecule has 1 saturated carbocycles. The minimum Gasteiger partial charge on any atom is -0.457 e. The van der Waals surface area contributed by atoms with E-state index in [1.54, 1.807) is 24.3 Å². The van der Waals surface area contributed by atoms with E-state index in [0.717, 1.165) is 27.7 Å². The summed E-state index contributed by atoms with van der Waals surface area (Å²) >= 11 is 1.26. The zero-order valence-electron chi connectivity index (χ0n) is 14.6. The van der Waals surface area contributed by atoms with Crippen molar-refractivity contribution in [3.05, 3.63) is 65.2 Å². The van der Waals surface area contributed by atoms with Gasteiger partial charge in [-0.3, -0.25) is 4.55 Å². The Morgan fingerprint density at radius 1 is 1.07 bits per heavy atom. The molecule has 27 heavy (non-hydrogen) atoms. The van der Waals surface area contributed by atoms with E-state index >= 15 is 0 Å². The van der Waals surface area contributed by atoms with Crippen molar-refractivity contribution in [2.75, 3.05) is 4.31 Å². The maximum atomic E-state index is 12.0. The molecule has 1 aliphatic rings. The molecule has 0 atom stereocenters. The number of thiazole rings is 1. The van der Waals surface area contributed by atoms with Crippen LogP contribution in [0.3, 0.4) is 0 Å². The Morgan fingerprint density at radius 3 is 2.30 bits per heavy atom. The molecule has 3 aromatic rings. The van der Waals surface area contributed by atoms with Gasteiger partial charge in [-0.05, 0) is 56.2 Å². The van der Waals surface area contributed by atoms with Crippen LogP contribution in [0, 0.1) is 6.92 Å². The molecule has 0 spiro atoms. The summed E-state index contributed by atoms with van der Waals surface area (Å²) in [5.41, 5.74) is 1.22. The lowest BCUT2D eigenvalue weighted by Gasteiger charge is -2.18. The molecule has 1 N–H and O–H groups in total. The van der Waals surface area contributed by atoms with E-state index in [0.29, 0.717) is 23.1 Å². The number of para-hydroxylation sites is 1. The van der Waals surface area contributed by atoms with Crippen molar-refractivity contribution in [2.45, 2.75) is 25.7 Å². The van der Waals surface area contributed by atoms with Crippen molar-refractivity contribution in [1.82, 2.24) is 4.98 Å². The van der Waals surface area contributed by atoms with E-state index in [9.17, 15) is 13.0 Å². The van der Waals surface area contributed by atoms with Crippen molar-refractivity contribution in [3.8, 4) is 11.5 Å². The van der Waals surface area contributed by atoms with Crippen LogP contribution < -0.4 is 9.04 Å². The van der Waals surface area contributed by atoms with E-state index in [4.69, 9.17) is 4.74 Å². The first-order valence-electron chi connectivity index (χ1n) is 8.50. The third-order valence-electron chi connectivity index (χ3n) is 4.24. The van der Waals surface area contributed by atoms with Crippen molar-refractivity contribution >= 4 is 32.5 Å². The van der Waals surface area contributed by atoms with Crippen LogP contribution in [0.2, 0.25) is 0 Å². The number of aromatic nitrogens is 1. The largest absolute Gasteiger partial charge is 0.457 e. The van der Waals surface area contributed by atoms with E-state index in [-0.39, 0.29) is 5.13 Å². The van der Waals surface area contributed by atoms with Crippen LogP contribution in [0.5, 0.6) is 11.5 Å². The fourth-order valence-corrected chi connectivity index (χ4v) is 4.78. The third kappa shape index (κ3) is 3.97. The van der Waals surface area contributed by atoms with Gasteiger partial charge in [0.1, 0.15) is 11.5 Å². The molecule has 2 aromatic carbocycles. The minimum absolute atomic E-state index is 0.244. The minimum atomic E-state index is -4.51. The summed E-state index contributed by atoms with van der Waals surface area (Å²) in [6.07, 6.45) is 2.14. The molecule has 0 aliphatic heterocycles. The number of hydrogen-bond donors (Lipinski definition) is 1. The summed E-state index contributed by atoms with van der Waals surface area (Å²) in [6, 6.07) is 15.8. The van der Waals surface area contributed by atoms with Gasteiger partial charge < -0.3 is 4.74 Å². The summed E-state index contributed by atoms with van der Waals surface area (Å²) in [7, 11) is -4.51. The molecule has 4 rings (SSSR count). The number of nitrogens with zero attached hydrogens (tertiary/aromatic N) is 2. The van der Waals surface area contributed by atoms with Crippen LogP contribution in [0.4, 0.5) is 10.8 Å². The highest BCUT2D eigenvalue weighted by molar-refractivity contribution is 7.87. The first-order valence-corrected chi connectivity index (χ1v) is 10.7. The van der Waals surface area contributed by atoms with Gasteiger partial charge in [0.05, 0.1) is 11.4 Å². The van der Waals surface area contributed by atoms with E-state index in [1.807, 2.05) is 37.3 Å². The van der Waals surface area contributed by atoms with Crippen molar-refractivity contribution in [3.63, 3.8) is 0 Å². The van der Waals surface area contributed by atoms with E-state index in [1.165, 1.54) is 11.3 Å². The summed E-state index contributed by atoms with van der Waals surface area (Å²) < 4.78 is 40.4. The molecule has 0 unspecified atom stereocenters. The number of rotatable bonds is 6. The van der Waals surface area contributed by atoms with Crippen molar-refractivity contribution in [2.24, 2.45) is 0 Å². The molecule has 0 bridgehead atoms. The van der Waals surface area contributed by atoms with E-state index in [2.05, 4.69) is 4.98 Å². The SMILES string of the molecule is Cc1sc(N(c2ccc(Oc3ccccc3)cc2)S(=O)(=O)O)nc1C1CC1. The Kier molecular flexibility index (Phi) is 4.63. The summed E-state index contributed by atoms with van der Waals surface area (Å²) in [5, 5.41) is 0.244. The normalized spacial score (nSPS) is 14.1. The highest BCUT2D eigenvalue weighted by Crippen LogP contribution is 2.45. The number of ether oxygens (including phenoxy) is 1. The molecule has 6 nitrogen and oxygen atoms in total. The topological polar surface area (TPSA) is 79.7 Å². The van der Waals surface area contributed by atoms with Gasteiger partial charge in [0.2, 0.25) is 5.13 Å². The predicted octanol–water partition coefficient (Wildman–Crippen LogP) is 5.06. The fourth-order valence-electron chi connectivity index (χ4n) is 2.83. The summed E-state index contributed by atoms with van der Waals surface area (Å²) in [6.45, 7) is 1.92. The van der Waals surface area contributed by atoms with Gasteiger partial charge in [-0.2, -0.15) is 12.7 Å². The van der Waals surface area contributed by atoms with Gasteiger partial charge in [0.15, 0.2) is 0 Å². The second-order valence-corrected chi connectivity index (χ2v) is 8.81. The molecule has 1 fully saturated rings. The van der Waals surface area contributed by atoms with Crippen molar-refractivity contribution in [1.29, 1.82) is 0 Å². The van der Waals surface area contributed by atoms with Crippen LogP contribution in [-0.2, 0) is 10.3 Å². The van der Waals surface area contributed by atoms with Gasteiger partial charge in [0, 0.05) is 10.8 Å². The Hall–Kier alpha value is -2.42.